The predicted molar refractivity (Wildman–Crippen MR) is 68.9 cm³/mol. The molecule has 1 aromatic heterocycles. The Morgan fingerprint density at radius 1 is 1.67 bits per heavy atom. The van der Waals surface area contributed by atoms with E-state index in [1.165, 1.54) is 20.6 Å². The lowest BCUT2D eigenvalue weighted by Gasteiger charge is -2.29. The highest BCUT2D eigenvalue weighted by molar-refractivity contribution is 9.10. The van der Waals surface area contributed by atoms with Crippen LogP contribution in [-0.4, -0.2) is 12.5 Å². The van der Waals surface area contributed by atoms with Crippen LogP contribution in [0.15, 0.2) is 10.5 Å². The Morgan fingerprint density at radius 2 is 2.47 bits per heavy atom. The van der Waals surface area contributed by atoms with Crippen LogP contribution in [0.2, 0.25) is 0 Å². The van der Waals surface area contributed by atoms with Crippen molar-refractivity contribution < 1.29 is 4.74 Å². The maximum Gasteiger partial charge on any atom is 0.0956 e. The second-order valence-corrected chi connectivity index (χ2v) is 6.35. The van der Waals surface area contributed by atoms with Gasteiger partial charge in [0.05, 0.1) is 6.10 Å². The lowest BCUT2D eigenvalue weighted by atomic mass is 9.95. The first-order valence-corrected chi connectivity index (χ1v) is 7.30. The van der Waals surface area contributed by atoms with E-state index < -0.39 is 0 Å². The first-order valence-electron chi connectivity index (χ1n) is 5.15. The largest absolute Gasteiger partial charge is 0.372 e. The number of hydrogen-bond acceptors (Lipinski definition) is 2. The Hall–Kier alpha value is 0.430. The summed E-state index contributed by atoms with van der Waals surface area (Å²) in [6.45, 7) is 2.99. The molecule has 15 heavy (non-hydrogen) atoms. The molecule has 0 bridgehead atoms. The van der Waals surface area contributed by atoms with Crippen LogP contribution in [0.1, 0.15) is 28.7 Å². The molecule has 0 radical (unpaired) electrons. The average Bonchev–Trinajstić information content (AvgIpc) is 2.59. The molecule has 1 aromatic rings. The van der Waals surface area contributed by atoms with Gasteiger partial charge in [0.25, 0.3) is 0 Å². The highest BCUT2D eigenvalue weighted by Gasteiger charge is 2.28. The summed E-state index contributed by atoms with van der Waals surface area (Å²) in [6.07, 6.45) is 2.54. The molecule has 0 saturated carbocycles. The zero-order chi connectivity index (χ0) is 10.8. The van der Waals surface area contributed by atoms with E-state index in [0.29, 0.717) is 11.8 Å². The summed E-state index contributed by atoms with van der Waals surface area (Å²) in [5.74, 6) is 1.17. The number of rotatable bonds is 2. The van der Waals surface area contributed by atoms with Crippen LogP contribution < -0.4 is 0 Å². The molecular formula is C11H14BrClOS. The molecule has 2 atom stereocenters. The van der Waals surface area contributed by atoms with E-state index >= 15 is 0 Å². The van der Waals surface area contributed by atoms with Gasteiger partial charge in [-0.25, -0.2) is 0 Å². The summed E-state index contributed by atoms with van der Waals surface area (Å²) in [5.41, 5.74) is 0. The van der Waals surface area contributed by atoms with E-state index in [4.69, 9.17) is 16.3 Å². The maximum absolute atomic E-state index is 5.98. The fraction of sp³-hybridized carbons (Fsp3) is 0.636. The van der Waals surface area contributed by atoms with Crippen molar-refractivity contribution in [1.29, 1.82) is 0 Å². The summed E-state index contributed by atoms with van der Waals surface area (Å²) in [5, 5.41) is 0. The van der Waals surface area contributed by atoms with Gasteiger partial charge in [0.15, 0.2) is 0 Å². The summed E-state index contributed by atoms with van der Waals surface area (Å²) in [7, 11) is 0. The summed E-state index contributed by atoms with van der Waals surface area (Å²) < 4.78 is 7.03. The van der Waals surface area contributed by atoms with Crippen molar-refractivity contribution >= 4 is 38.9 Å². The van der Waals surface area contributed by atoms with Gasteiger partial charge in [-0.2, -0.15) is 0 Å². The van der Waals surface area contributed by atoms with E-state index in [2.05, 4.69) is 28.9 Å². The topological polar surface area (TPSA) is 9.23 Å². The predicted octanol–water partition coefficient (Wildman–Crippen LogP) is 4.53. The number of aryl methyl sites for hydroxylation is 1. The van der Waals surface area contributed by atoms with Gasteiger partial charge < -0.3 is 4.74 Å². The van der Waals surface area contributed by atoms with E-state index in [1.54, 1.807) is 0 Å². The zero-order valence-corrected chi connectivity index (χ0v) is 11.8. The van der Waals surface area contributed by atoms with Crippen molar-refractivity contribution in [3.05, 3.63) is 20.3 Å². The molecule has 0 N–H and O–H groups in total. The highest BCUT2D eigenvalue weighted by Crippen LogP contribution is 2.40. The molecule has 0 aromatic carbocycles. The number of ether oxygens (including phenoxy) is 1. The third-order valence-corrected chi connectivity index (χ3v) is 5.39. The normalized spacial score (nSPS) is 26.9. The molecule has 4 heteroatoms. The quantitative estimate of drug-likeness (QED) is 0.730. The molecule has 0 amide bonds. The van der Waals surface area contributed by atoms with Crippen molar-refractivity contribution in [3.63, 3.8) is 0 Å². The van der Waals surface area contributed by atoms with Crippen LogP contribution in [0.3, 0.4) is 0 Å². The van der Waals surface area contributed by atoms with Crippen LogP contribution in [0.4, 0.5) is 0 Å². The van der Waals surface area contributed by atoms with Crippen molar-refractivity contribution in [3.8, 4) is 0 Å². The number of hydrogen-bond donors (Lipinski definition) is 0. The van der Waals surface area contributed by atoms with E-state index in [-0.39, 0.29) is 6.10 Å². The zero-order valence-electron chi connectivity index (χ0n) is 8.63. The van der Waals surface area contributed by atoms with Crippen molar-refractivity contribution in [1.82, 2.24) is 0 Å². The molecule has 2 unspecified atom stereocenters. The number of alkyl halides is 1. The maximum atomic E-state index is 5.98. The monoisotopic (exact) mass is 308 g/mol. The second kappa shape index (κ2) is 5.17. The van der Waals surface area contributed by atoms with Crippen LogP contribution in [-0.2, 0) is 4.74 Å². The number of thiophene rings is 1. The number of halogens is 2. The highest BCUT2D eigenvalue weighted by atomic mass is 79.9. The van der Waals surface area contributed by atoms with Crippen LogP contribution in [0.5, 0.6) is 0 Å². The Labute approximate surface area is 108 Å². The molecule has 84 valence electrons. The molecular weight excluding hydrogens is 296 g/mol. The van der Waals surface area contributed by atoms with Gasteiger partial charge in [-0.05, 0) is 41.8 Å². The van der Waals surface area contributed by atoms with E-state index in [1.807, 2.05) is 11.3 Å². The first-order chi connectivity index (χ1) is 7.22. The van der Waals surface area contributed by atoms with Gasteiger partial charge in [-0.1, -0.05) is 0 Å². The fourth-order valence-corrected chi connectivity index (χ4v) is 3.96. The van der Waals surface area contributed by atoms with Crippen molar-refractivity contribution in [2.45, 2.75) is 25.9 Å². The minimum absolute atomic E-state index is 0.214. The van der Waals surface area contributed by atoms with E-state index in [0.717, 1.165) is 13.0 Å². The Balaban J connectivity index is 2.20. The molecule has 1 saturated heterocycles. The average molecular weight is 310 g/mol. The van der Waals surface area contributed by atoms with Gasteiger partial charge in [0.2, 0.25) is 0 Å². The summed E-state index contributed by atoms with van der Waals surface area (Å²) in [6, 6.07) is 2.18. The fourth-order valence-electron chi connectivity index (χ4n) is 1.94. The van der Waals surface area contributed by atoms with Crippen molar-refractivity contribution in [2.24, 2.45) is 5.92 Å². The van der Waals surface area contributed by atoms with Gasteiger partial charge in [0, 0.05) is 32.6 Å². The summed E-state index contributed by atoms with van der Waals surface area (Å²) in [4.78, 5) is 2.62. The third kappa shape index (κ3) is 2.57. The molecule has 2 rings (SSSR count). The lowest BCUT2D eigenvalue weighted by Crippen LogP contribution is -2.22. The molecule has 0 aliphatic carbocycles. The van der Waals surface area contributed by atoms with Gasteiger partial charge in [0.1, 0.15) is 0 Å². The lowest BCUT2D eigenvalue weighted by molar-refractivity contribution is -0.0186. The van der Waals surface area contributed by atoms with Crippen LogP contribution >= 0.6 is 38.9 Å². The van der Waals surface area contributed by atoms with Gasteiger partial charge in [-0.15, -0.1) is 22.9 Å². The van der Waals surface area contributed by atoms with E-state index in [9.17, 15) is 0 Å². The standard InChI is InChI=1S/C11H14BrClOS/c1-7-9(12)5-10(15-7)11-8(6-13)3-2-4-14-11/h5,8,11H,2-4,6H2,1H3. The molecule has 1 aliphatic rings. The van der Waals surface area contributed by atoms with Crippen molar-refractivity contribution in [2.75, 3.05) is 12.5 Å². The summed E-state index contributed by atoms with van der Waals surface area (Å²) >= 11 is 11.3. The molecule has 1 nitrogen and oxygen atoms in total. The Morgan fingerprint density at radius 3 is 3.07 bits per heavy atom. The minimum Gasteiger partial charge on any atom is -0.372 e. The third-order valence-electron chi connectivity index (χ3n) is 2.80. The SMILES string of the molecule is Cc1sc(C2OCCCC2CCl)cc1Br. The van der Waals surface area contributed by atoms with Gasteiger partial charge >= 0.3 is 0 Å². The Bertz CT molecular complexity index is 320. The molecule has 1 fully saturated rings. The second-order valence-electron chi connectivity index (χ2n) is 3.90. The molecule has 0 spiro atoms. The van der Waals surface area contributed by atoms with Crippen LogP contribution in [0.25, 0.3) is 0 Å². The molecule has 1 aliphatic heterocycles. The minimum atomic E-state index is 0.214. The van der Waals surface area contributed by atoms with Gasteiger partial charge in [-0.3, -0.25) is 0 Å². The van der Waals surface area contributed by atoms with Crippen LogP contribution in [0, 0.1) is 12.8 Å². The Kier molecular flexibility index (Phi) is 4.10. The molecule has 2 heterocycles. The first kappa shape index (κ1) is 11.9. The smallest absolute Gasteiger partial charge is 0.0956 e.